The molecule has 0 radical (unpaired) electrons. The maximum absolute atomic E-state index is 12.6. The lowest BCUT2D eigenvalue weighted by molar-refractivity contribution is -0.384. The zero-order valence-electron chi connectivity index (χ0n) is 16.0. The highest BCUT2D eigenvalue weighted by Gasteiger charge is 2.28. The predicted octanol–water partition coefficient (Wildman–Crippen LogP) is 3.93. The van der Waals surface area contributed by atoms with Gasteiger partial charge in [0.15, 0.2) is 0 Å². The molecule has 0 N–H and O–H groups in total. The Kier molecular flexibility index (Phi) is 5.45. The third kappa shape index (κ3) is 3.73. The number of nitro benzene ring substituents is 1. The van der Waals surface area contributed by atoms with Crippen molar-refractivity contribution in [3.63, 3.8) is 0 Å². The second-order valence-corrected chi connectivity index (χ2v) is 6.25. The molecule has 0 saturated heterocycles. The third-order valence-corrected chi connectivity index (χ3v) is 4.45. The Morgan fingerprint density at radius 2 is 1.52 bits per heavy atom. The smallest absolute Gasteiger partial charge is 0.355 e. The quantitative estimate of drug-likeness (QED) is 0.369. The minimum Gasteiger partial charge on any atom is -0.465 e. The molecule has 8 nitrogen and oxygen atoms in total. The molecule has 0 unspecified atom stereocenters. The van der Waals surface area contributed by atoms with E-state index in [9.17, 15) is 19.7 Å². The molecule has 0 fully saturated rings. The van der Waals surface area contributed by atoms with Crippen LogP contribution in [-0.4, -0.2) is 35.6 Å². The molecular weight excluding hydrogens is 376 g/mol. The summed E-state index contributed by atoms with van der Waals surface area (Å²) in [6, 6.07) is 14.7. The van der Waals surface area contributed by atoms with Crippen LogP contribution >= 0.6 is 0 Å². The summed E-state index contributed by atoms with van der Waals surface area (Å²) in [5.41, 5.74) is 2.69. The van der Waals surface area contributed by atoms with Crippen LogP contribution in [0.25, 0.3) is 16.9 Å². The number of carbonyl (C=O) groups is 2. The van der Waals surface area contributed by atoms with E-state index < -0.39 is 16.9 Å². The van der Waals surface area contributed by atoms with Gasteiger partial charge >= 0.3 is 11.9 Å². The number of aromatic nitrogens is 1. The lowest BCUT2D eigenvalue weighted by Crippen LogP contribution is -2.15. The normalized spacial score (nSPS) is 10.4. The van der Waals surface area contributed by atoms with Crippen LogP contribution in [0.3, 0.4) is 0 Å². The number of aryl methyl sites for hydroxylation is 1. The van der Waals surface area contributed by atoms with Crippen molar-refractivity contribution in [1.29, 1.82) is 0 Å². The molecule has 8 heteroatoms. The Morgan fingerprint density at radius 3 is 2.03 bits per heavy atom. The number of non-ortho nitro benzene ring substituents is 1. The van der Waals surface area contributed by atoms with Crippen molar-refractivity contribution < 1.29 is 24.0 Å². The molecule has 3 aromatic rings. The Balaban J connectivity index is 2.32. The number of carbonyl (C=O) groups excluding carboxylic acids is 2. The van der Waals surface area contributed by atoms with Gasteiger partial charge in [-0.25, -0.2) is 9.59 Å². The van der Waals surface area contributed by atoms with Crippen LogP contribution in [0.5, 0.6) is 0 Å². The summed E-state index contributed by atoms with van der Waals surface area (Å²) in [6.07, 6.45) is 0. The molecule has 2 aromatic carbocycles. The Bertz CT molecular complexity index is 1080. The number of nitro groups is 1. The average Bonchev–Trinajstić information content (AvgIpc) is 3.13. The molecular formula is C21H18N2O6. The lowest BCUT2D eigenvalue weighted by atomic mass is 10.1. The topological polar surface area (TPSA) is 101 Å². The van der Waals surface area contributed by atoms with Crippen LogP contribution in [0.4, 0.5) is 5.69 Å². The van der Waals surface area contributed by atoms with Crippen molar-refractivity contribution in [2.24, 2.45) is 0 Å². The minimum atomic E-state index is -0.709. The zero-order valence-corrected chi connectivity index (χ0v) is 16.0. The van der Waals surface area contributed by atoms with Gasteiger partial charge in [0.2, 0.25) is 0 Å². The first-order valence-electron chi connectivity index (χ1n) is 8.61. The molecule has 0 aliphatic heterocycles. The number of benzene rings is 2. The summed E-state index contributed by atoms with van der Waals surface area (Å²) in [7, 11) is 2.44. The Labute approximate surface area is 166 Å². The van der Waals surface area contributed by atoms with Gasteiger partial charge in [0.1, 0.15) is 5.69 Å². The average molecular weight is 394 g/mol. The van der Waals surface area contributed by atoms with Crippen molar-refractivity contribution in [3.05, 3.63) is 81.5 Å². The number of rotatable bonds is 5. The molecule has 0 amide bonds. The number of ether oxygens (including phenoxy) is 2. The highest BCUT2D eigenvalue weighted by atomic mass is 16.6. The minimum absolute atomic E-state index is 0.0107. The number of methoxy groups -OCH3 is 2. The molecule has 0 saturated carbocycles. The van der Waals surface area contributed by atoms with E-state index in [4.69, 9.17) is 9.47 Å². The zero-order chi connectivity index (χ0) is 21.1. The van der Waals surface area contributed by atoms with Crippen LogP contribution in [-0.2, 0) is 9.47 Å². The highest BCUT2D eigenvalue weighted by Crippen LogP contribution is 2.32. The second kappa shape index (κ2) is 7.97. The summed E-state index contributed by atoms with van der Waals surface area (Å²) < 4.78 is 11.3. The summed E-state index contributed by atoms with van der Waals surface area (Å²) in [5, 5.41) is 11.0. The lowest BCUT2D eigenvalue weighted by Gasteiger charge is -2.13. The summed E-state index contributed by atoms with van der Waals surface area (Å²) >= 11 is 0. The van der Waals surface area contributed by atoms with E-state index in [-0.39, 0.29) is 16.9 Å². The van der Waals surface area contributed by atoms with Gasteiger partial charge in [-0.1, -0.05) is 17.7 Å². The number of hydrogen-bond acceptors (Lipinski definition) is 6. The van der Waals surface area contributed by atoms with Crippen molar-refractivity contribution in [2.75, 3.05) is 14.2 Å². The summed E-state index contributed by atoms with van der Waals surface area (Å²) in [4.78, 5) is 35.4. The molecule has 148 valence electrons. The van der Waals surface area contributed by atoms with E-state index in [1.165, 1.54) is 32.4 Å². The Morgan fingerprint density at radius 1 is 0.931 bits per heavy atom. The fourth-order valence-electron chi connectivity index (χ4n) is 3.00. The number of hydrogen-bond donors (Lipinski definition) is 0. The van der Waals surface area contributed by atoms with Crippen molar-refractivity contribution in [1.82, 2.24) is 4.57 Å². The van der Waals surface area contributed by atoms with Crippen molar-refractivity contribution in [3.8, 4) is 16.9 Å². The van der Waals surface area contributed by atoms with Gasteiger partial charge in [-0.2, -0.15) is 0 Å². The SMILES string of the molecule is COC(=O)c1cc(-c2ccc([N+](=O)[O-])cc2)n(-c2ccc(C)cc2)c1C(=O)OC. The van der Waals surface area contributed by atoms with Gasteiger partial charge in [0, 0.05) is 17.8 Å². The first kappa shape index (κ1) is 19.8. The standard InChI is InChI=1S/C21H18N2O6/c1-13-4-8-15(9-5-13)22-18(14-6-10-16(11-7-14)23(26)27)12-17(20(24)28-2)19(22)21(25)29-3/h4-12H,1-3H3. The van der Waals surface area contributed by atoms with Crippen molar-refractivity contribution >= 4 is 17.6 Å². The second-order valence-electron chi connectivity index (χ2n) is 6.25. The number of nitrogens with zero attached hydrogens (tertiary/aromatic N) is 2. The van der Waals surface area contributed by atoms with Gasteiger partial charge in [0.05, 0.1) is 30.4 Å². The van der Waals surface area contributed by atoms with E-state index in [0.29, 0.717) is 16.9 Å². The largest absolute Gasteiger partial charge is 0.465 e. The van der Waals surface area contributed by atoms with Gasteiger partial charge in [-0.3, -0.25) is 10.1 Å². The van der Waals surface area contributed by atoms with Gasteiger partial charge in [0.25, 0.3) is 5.69 Å². The predicted molar refractivity (Wildman–Crippen MR) is 105 cm³/mol. The third-order valence-electron chi connectivity index (χ3n) is 4.45. The van der Waals surface area contributed by atoms with Crippen LogP contribution in [0.15, 0.2) is 54.6 Å². The fraction of sp³-hybridized carbons (Fsp3) is 0.143. The summed E-state index contributed by atoms with van der Waals surface area (Å²) in [6.45, 7) is 1.93. The molecule has 0 spiro atoms. The molecule has 0 aliphatic rings. The summed E-state index contributed by atoms with van der Waals surface area (Å²) in [5.74, 6) is -1.40. The van der Waals surface area contributed by atoms with Crippen LogP contribution in [0.1, 0.15) is 26.4 Å². The molecule has 1 heterocycles. The molecule has 1 aromatic heterocycles. The Hall–Kier alpha value is -3.94. The van der Waals surface area contributed by atoms with Gasteiger partial charge < -0.3 is 14.0 Å². The molecule has 0 atom stereocenters. The first-order chi connectivity index (χ1) is 13.9. The maximum Gasteiger partial charge on any atom is 0.355 e. The van der Waals surface area contributed by atoms with E-state index in [0.717, 1.165) is 5.56 Å². The molecule has 3 rings (SSSR count). The highest BCUT2D eigenvalue weighted by molar-refractivity contribution is 6.04. The molecule has 29 heavy (non-hydrogen) atoms. The first-order valence-corrected chi connectivity index (χ1v) is 8.61. The van der Waals surface area contributed by atoms with E-state index >= 15 is 0 Å². The van der Waals surface area contributed by atoms with Crippen LogP contribution < -0.4 is 0 Å². The monoisotopic (exact) mass is 394 g/mol. The van der Waals surface area contributed by atoms with E-state index in [1.807, 2.05) is 19.1 Å². The van der Waals surface area contributed by atoms with E-state index in [2.05, 4.69) is 0 Å². The van der Waals surface area contributed by atoms with Crippen LogP contribution in [0, 0.1) is 17.0 Å². The molecule has 0 bridgehead atoms. The number of esters is 2. The molecule has 0 aliphatic carbocycles. The van der Waals surface area contributed by atoms with Gasteiger partial charge in [-0.05, 0) is 42.8 Å². The van der Waals surface area contributed by atoms with E-state index in [1.54, 1.807) is 28.8 Å². The van der Waals surface area contributed by atoms with Crippen molar-refractivity contribution in [2.45, 2.75) is 6.92 Å². The maximum atomic E-state index is 12.6. The van der Waals surface area contributed by atoms with Crippen LogP contribution in [0.2, 0.25) is 0 Å². The fourth-order valence-corrected chi connectivity index (χ4v) is 3.00. The van der Waals surface area contributed by atoms with Gasteiger partial charge in [-0.15, -0.1) is 0 Å².